The molecule has 2 fully saturated rings. The molecule has 0 aromatic rings. The third-order valence-corrected chi connectivity index (χ3v) is 4.43. The minimum absolute atomic E-state index is 0.0855. The molecule has 1 heterocycles. The summed E-state index contributed by atoms with van der Waals surface area (Å²) in [7, 11) is 0. The molecule has 0 radical (unpaired) electrons. The number of piperidine rings is 1. The second kappa shape index (κ2) is 5.59. The fourth-order valence-corrected chi connectivity index (χ4v) is 3.43. The van der Waals surface area contributed by atoms with Gasteiger partial charge in [-0.1, -0.05) is 19.3 Å². The summed E-state index contributed by atoms with van der Waals surface area (Å²) in [5.74, 6) is -0.787. The molecule has 102 valence electrons. The highest BCUT2D eigenvalue weighted by Gasteiger charge is 2.39. The summed E-state index contributed by atoms with van der Waals surface area (Å²) < 4.78 is 0. The van der Waals surface area contributed by atoms with Crippen LogP contribution in [-0.4, -0.2) is 39.8 Å². The Morgan fingerprint density at radius 2 is 1.67 bits per heavy atom. The van der Waals surface area contributed by atoms with Crippen molar-refractivity contribution in [2.45, 2.75) is 51.0 Å². The molecule has 2 atom stereocenters. The minimum atomic E-state index is -0.894. The van der Waals surface area contributed by atoms with Crippen LogP contribution in [0.4, 0.5) is 4.79 Å². The van der Waals surface area contributed by atoms with Crippen molar-refractivity contribution >= 4 is 12.1 Å². The minimum Gasteiger partial charge on any atom is -0.481 e. The third kappa shape index (κ3) is 2.76. The summed E-state index contributed by atoms with van der Waals surface area (Å²) in [5, 5.41) is 18.4. The van der Waals surface area contributed by atoms with Crippen molar-refractivity contribution in [2.75, 3.05) is 6.54 Å². The van der Waals surface area contributed by atoms with Gasteiger partial charge in [0.2, 0.25) is 0 Å². The normalized spacial score (nSPS) is 30.1. The number of carboxylic acids is 1. The molecule has 2 aliphatic rings. The SMILES string of the molecule is O=C(O)C1CCN(C(=O)O)C(C2CCCCC2)C1. The van der Waals surface area contributed by atoms with Crippen molar-refractivity contribution in [1.82, 2.24) is 4.90 Å². The third-order valence-electron chi connectivity index (χ3n) is 4.43. The number of aliphatic carboxylic acids is 1. The quantitative estimate of drug-likeness (QED) is 0.794. The first-order chi connectivity index (χ1) is 8.59. The Morgan fingerprint density at radius 3 is 2.22 bits per heavy atom. The molecular formula is C13H21NO4. The van der Waals surface area contributed by atoms with Gasteiger partial charge in [-0.15, -0.1) is 0 Å². The van der Waals surface area contributed by atoms with Gasteiger partial charge in [0.25, 0.3) is 0 Å². The van der Waals surface area contributed by atoms with E-state index in [2.05, 4.69) is 0 Å². The van der Waals surface area contributed by atoms with E-state index in [-0.39, 0.29) is 12.0 Å². The van der Waals surface area contributed by atoms with Gasteiger partial charge in [-0.3, -0.25) is 4.79 Å². The van der Waals surface area contributed by atoms with E-state index in [1.54, 1.807) is 0 Å². The summed E-state index contributed by atoms with van der Waals surface area (Å²) in [6, 6.07) is -0.0855. The average molecular weight is 255 g/mol. The van der Waals surface area contributed by atoms with Gasteiger partial charge in [0, 0.05) is 12.6 Å². The Labute approximate surface area is 107 Å². The van der Waals surface area contributed by atoms with Crippen molar-refractivity contribution in [3.8, 4) is 0 Å². The van der Waals surface area contributed by atoms with Gasteiger partial charge < -0.3 is 15.1 Å². The maximum atomic E-state index is 11.3. The van der Waals surface area contributed by atoms with E-state index in [9.17, 15) is 14.7 Å². The van der Waals surface area contributed by atoms with Crippen molar-refractivity contribution in [1.29, 1.82) is 0 Å². The predicted octanol–water partition coefficient (Wildman–Crippen LogP) is 2.41. The predicted molar refractivity (Wildman–Crippen MR) is 65.5 cm³/mol. The van der Waals surface area contributed by atoms with Crippen molar-refractivity contribution in [2.24, 2.45) is 11.8 Å². The Balaban J connectivity index is 2.08. The first kappa shape index (κ1) is 13.2. The zero-order chi connectivity index (χ0) is 13.1. The van der Waals surface area contributed by atoms with Gasteiger partial charge >= 0.3 is 12.1 Å². The highest BCUT2D eigenvalue weighted by molar-refractivity contribution is 5.71. The molecule has 2 N–H and O–H groups in total. The topological polar surface area (TPSA) is 77.8 Å². The fraction of sp³-hybridized carbons (Fsp3) is 0.846. The summed E-state index contributed by atoms with van der Waals surface area (Å²) in [5.41, 5.74) is 0. The molecule has 0 bridgehead atoms. The molecule has 5 nitrogen and oxygen atoms in total. The standard InChI is InChI=1S/C13H21NO4/c15-12(16)10-6-7-14(13(17)18)11(8-10)9-4-2-1-3-5-9/h9-11H,1-8H2,(H,15,16)(H,17,18). The molecule has 1 saturated heterocycles. The van der Waals surface area contributed by atoms with Crippen LogP contribution in [0, 0.1) is 11.8 Å². The monoisotopic (exact) mass is 255 g/mol. The molecule has 1 saturated carbocycles. The second-order valence-corrected chi connectivity index (χ2v) is 5.50. The van der Waals surface area contributed by atoms with Gasteiger partial charge in [0.1, 0.15) is 0 Å². The Bertz CT molecular complexity index is 325. The highest BCUT2D eigenvalue weighted by Crippen LogP contribution is 2.35. The first-order valence-corrected chi connectivity index (χ1v) is 6.82. The van der Waals surface area contributed by atoms with E-state index >= 15 is 0 Å². The number of hydrogen-bond donors (Lipinski definition) is 2. The van der Waals surface area contributed by atoms with Gasteiger partial charge in [0.15, 0.2) is 0 Å². The maximum Gasteiger partial charge on any atom is 0.407 e. The molecule has 0 spiro atoms. The lowest BCUT2D eigenvalue weighted by atomic mass is 9.77. The van der Waals surface area contributed by atoms with E-state index < -0.39 is 12.1 Å². The summed E-state index contributed by atoms with van der Waals surface area (Å²) in [6.45, 7) is 0.369. The number of hydrogen-bond acceptors (Lipinski definition) is 2. The Hall–Kier alpha value is -1.26. The zero-order valence-corrected chi connectivity index (χ0v) is 10.5. The van der Waals surface area contributed by atoms with Crippen LogP contribution in [0.3, 0.4) is 0 Å². The lowest BCUT2D eigenvalue weighted by Gasteiger charge is -2.42. The number of carboxylic acid groups (broad SMARTS) is 2. The molecule has 0 aromatic heterocycles. The van der Waals surface area contributed by atoms with E-state index in [0.717, 1.165) is 25.7 Å². The van der Waals surface area contributed by atoms with Crippen molar-refractivity contribution in [3.63, 3.8) is 0 Å². The Morgan fingerprint density at radius 1 is 1.00 bits per heavy atom. The average Bonchev–Trinajstić information content (AvgIpc) is 2.39. The van der Waals surface area contributed by atoms with Crippen LogP contribution in [0.15, 0.2) is 0 Å². The smallest absolute Gasteiger partial charge is 0.407 e. The maximum absolute atomic E-state index is 11.3. The lowest BCUT2D eigenvalue weighted by Crippen LogP contribution is -2.50. The van der Waals surface area contributed by atoms with Crippen LogP contribution < -0.4 is 0 Å². The number of nitrogens with zero attached hydrogens (tertiary/aromatic N) is 1. The van der Waals surface area contributed by atoms with Gasteiger partial charge in [-0.05, 0) is 31.6 Å². The first-order valence-electron chi connectivity index (χ1n) is 6.82. The lowest BCUT2D eigenvalue weighted by molar-refractivity contribution is -0.144. The van der Waals surface area contributed by atoms with E-state index in [4.69, 9.17) is 5.11 Å². The molecule has 1 aliphatic carbocycles. The van der Waals surface area contributed by atoms with E-state index in [0.29, 0.717) is 25.3 Å². The zero-order valence-electron chi connectivity index (χ0n) is 10.5. The molecule has 2 unspecified atom stereocenters. The van der Waals surface area contributed by atoms with E-state index in [1.807, 2.05) is 0 Å². The van der Waals surface area contributed by atoms with Crippen LogP contribution in [0.25, 0.3) is 0 Å². The number of rotatable bonds is 2. The fourth-order valence-electron chi connectivity index (χ4n) is 3.43. The summed E-state index contributed by atoms with van der Waals surface area (Å²) >= 11 is 0. The van der Waals surface area contributed by atoms with Crippen LogP contribution in [0.2, 0.25) is 0 Å². The number of likely N-dealkylation sites (tertiary alicyclic amines) is 1. The van der Waals surface area contributed by atoms with Crippen LogP contribution in [0.5, 0.6) is 0 Å². The van der Waals surface area contributed by atoms with Crippen molar-refractivity contribution < 1.29 is 19.8 Å². The van der Waals surface area contributed by atoms with Gasteiger partial charge in [-0.2, -0.15) is 0 Å². The Kier molecular flexibility index (Phi) is 4.09. The molecule has 0 aromatic carbocycles. The number of carbonyl (C=O) groups is 2. The molecule has 2 rings (SSSR count). The highest BCUT2D eigenvalue weighted by atomic mass is 16.4. The molecule has 1 amide bonds. The van der Waals surface area contributed by atoms with Crippen LogP contribution in [0.1, 0.15) is 44.9 Å². The second-order valence-electron chi connectivity index (χ2n) is 5.50. The largest absolute Gasteiger partial charge is 0.481 e. The summed E-state index contributed by atoms with van der Waals surface area (Å²) in [6.07, 6.45) is 5.64. The van der Waals surface area contributed by atoms with Crippen LogP contribution >= 0.6 is 0 Å². The van der Waals surface area contributed by atoms with E-state index in [1.165, 1.54) is 11.3 Å². The molecule has 1 aliphatic heterocycles. The number of amides is 1. The van der Waals surface area contributed by atoms with Crippen LogP contribution in [-0.2, 0) is 4.79 Å². The molecule has 5 heteroatoms. The molecular weight excluding hydrogens is 234 g/mol. The van der Waals surface area contributed by atoms with Gasteiger partial charge in [0.05, 0.1) is 5.92 Å². The van der Waals surface area contributed by atoms with Crippen molar-refractivity contribution in [3.05, 3.63) is 0 Å². The molecule has 18 heavy (non-hydrogen) atoms. The summed E-state index contributed by atoms with van der Waals surface area (Å²) in [4.78, 5) is 23.8. The van der Waals surface area contributed by atoms with Gasteiger partial charge in [-0.25, -0.2) is 4.79 Å².